The maximum absolute atomic E-state index is 13.9. The number of nitrogens with one attached hydrogen (secondary N) is 1. The summed E-state index contributed by atoms with van der Waals surface area (Å²) in [6, 6.07) is 4.59. The van der Waals surface area contributed by atoms with E-state index in [0.29, 0.717) is 25.2 Å². The van der Waals surface area contributed by atoms with E-state index in [9.17, 15) is 26.4 Å². The van der Waals surface area contributed by atoms with Crippen LogP contribution in [-0.4, -0.2) is 38.8 Å². The number of carbonyl (C=O) groups is 1. The maximum atomic E-state index is 13.9. The van der Waals surface area contributed by atoms with Gasteiger partial charge in [-0.1, -0.05) is 12.8 Å². The fourth-order valence-electron chi connectivity index (χ4n) is 3.26. The molecule has 6 nitrogen and oxygen atoms in total. The molecule has 10 heteroatoms. The van der Waals surface area contributed by atoms with Crippen LogP contribution in [0.1, 0.15) is 36.0 Å². The molecule has 0 unspecified atom stereocenters. The highest BCUT2D eigenvalue weighted by atomic mass is 32.2. The van der Waals surface area contributed by atoms with Crippen LogP contribution < -0.4 is 10.1 Å². The average molecular weight is 442 g/mol. The summed E-state index contributed by atoms with van der Waals surface area (Å²) in [6.07, 6.45) is 3.39. The van der Waals surface area contributed by atoms with E-state index < -0.39 is 39.1 Å². The number of methoxy groups -OCH3 is 1. The molecule has 0 saturated carbocycles. The zero-order valence-corrected chi connectivity index (χ0v) is 17.1. The number of halogens is 3. The molecule has 0 aromatic heterocycles. The molecule has 0 bridgehead atoms. The fourth-order valence-corrected chi connectivity index (χ4v) is 4.81. The second-order valence-corrected chi connectivity index (χ2v) is 8.82. The molecule has 1 saturated heterocycles. The number of nitrogens with zero attached hydrogens (tertiary/aromatic N) is 1. The topological polar surface area (TPSA) is 75.7 Å². The van der Waals surface area contributed by atoms with Crippen LogP contribution in [0.4, 0.5) is 18.9 Å². The van der Waals surface area contributed by atoms with Crippen molar-refractivity contribution in [2.45, 2.75) is 30.6 Å². The maximum Gasteiger partial charge on any atom is 0.259 e. The molecule has 0 spiro atoms. The van der Waals surface area contributed by atoms with Gasteiger partial charge >= 0.3 is 0 Å². The number of hydrogen-bond donors (Lipinski definition) is 1. The monoisotopic (exact) mass is 442 g/mol. The lowest BCUT2D eigenvalue weighted by Crippen LogP contribution is -2.32. The molecule has 2 aromatic carbocycles. The lowest BCUT2D eigenvalue weighted by Gasteiger charge is -2.20. The standard InChI is InChI=1S/C20H21F3N2O4S/c1-29-19-7-6-13(30(27,28)25-8-4-2-3-5-9-25)10-14(19)20(26)24-18-12-16(22)15(21)11-17(18)23/h6-7,10-12H,2-5,8-9H2,1H3,(H,24,26). The molecule has 1 fully saturated rings. The Morgan fingerprint density at radius 3 is 2.23 bits per heavy atom. The van der Waals surface area contributed by atoms with Gasteiger partial charge in [0.1, 0.15) is 11.6 Å². The zero-order valence-electron chi connectivity index (χ0n) is 16.3. The predicted molar refractivity (Wildman–Crippen MR) is 104 cm³/mol. The Labute approximate surface area is 172 Å². The van der Waals surface area contributed by atoms with Crippen molar-refractivity contribution in [3.8, 4) is 5.75 Å². The van der Waals surface area contributed by atoms with Crippen LogP contribution in [0.3, 0.4) is 0 Å². The van der Waals surface area contributed by atoms with Crippen molar-refractivity contribution >= 4 is 21.6 Å². The van der Waals surface area contributed by atoms with Gasteiger partial charge in [0.15, 0.2) is 11.6 Å². The number of carbonyl (C=O) groups excluding carboxylic acids is 1. The normalized spacial score (nSPS) is 15.5. The number of benzene rings is 2. The summed E-state index contributed by atoms with van der Waals surface area (Å²) in [7, 11) is -2.56. The second-order valence-electron chi connectivity index (χ2n) is 6.88. The van der Waals surface area contributed by atoms with Crippen LogP contribution in [0.5, 0.6) is 5.75 Å². The summed E-state index contributed by atoms with van der Waals surface area (Å²) in [5.41, 5.74) is -0.765. The van der Waals surface area contributed by atoms with Gasteiger partial charge in [0.05, 0.1) is 23.3 Å². The van der Waals surface area contributed by atoms with E-state index in [1.165, 1.54) is 23.5 Å². The summed E-state index contributed by atoms with van der Waals surface area (Å²) >= 11 is 0. The van der Waals surface area contributed by atoms with E-state index >= 15 is 0 Å². The van der Waals surface area contributed by atoms with Gasteiger partial charge in [-0.05, 0) is 31.0 Å². The molecule has 1 amide bonds. The number of amides is 1. The van der Waals surface area contributed by atoms with Gasteiger partial charge in [-0.2, -0.15) is 4.31 Å². The van der Waals surface area contributed by atoms with Crippen molar-refractivity contribution in [1.29, 1.82) is 0 Å². The number of sulfonamides is 1. The Morgan fingerprint density at radius 2 is 1.60 bits per heavy atom. The lowest BCUT2D eigenvalue weighted by atomic mass is 10.1. The zero-order chi connectivity index (χ0) is 21.9. The van der Waals surface area contributed by atoms with Crippen LogP contribution in [-0.2, 0) is 10.0 Å². The Balaban J connectivity index is 1.94. The third-order valence-electron chi connectivity index (χ3n) is 4.88. The van der Waals surface area contributed by atoms with Gasteiger partial charge in [0.25, 0.3) is 5.91 Å². The van der Waals surface area contributed by atoms with Crippen molar-refractivity contribution < 1.29 is 31.1 Å². The van der Waals surface area contributed by atoms with Crippen LogP contribution in [0, 0.1) is 17.5 Å². The van der Waals surface area contributed by atoms with E-state index in [1.54, 1.807) is 0 Å². The van der Waals surface area contributed by atoms with Crippen molar-refractivity contribution in [2.24, 2.45) is 0 Å². The number of rotatable bonds is 5. The molecule has 0 radical (unpaired) electrons. The first-order valence-electron chi connectivity index (χ1n) is 9.38. The van der Waals surface area contributed by atoms with Gasteiger partial charge < -0.3 is 10.1 Å². The average Bonchev–Trinajstić information content (AvgIpc) is 3.01. The molecule has 1 N–H and O–H groups in total. The SMILES string of the molecule is COc1ccc(S(=O)(=O)N2CCCCCC2)cc1C(=O)Nc1cc(F)c(F)cc1F. The highest BCUT2D eigenvalue weighted by Gasteiger charge is 2.27. The lowest BCUT2D eigenvalue weighted by molar-refractivity contribution is 0.102. The number of ether oxygens (including phenoxy) is 1. The summed E-state index contributed by atoms with van der Waals surface area (Å²) in [5, 5.41) is 2.13. The van der Waals surface area contributed by atoms with Gasteiger partial charge in [-0.3, -0.25) is 4.79 Å². The van der Waals surface area contributed by atoms with Crippen molar-refractivity contribution in [3.63, 3.8) is 0 Å². The molecule has 0 atom stereocenters. The first-order valence-corrected chi connectivity index (χ1v) is 10.8. The molecule has 2 aromatic rings. The van der Waals surface area contributed by atoms with Gasteiger partial charge in [0, 0.05) is 25.2 Å². The Hall–Kier alpha value is -2.59. The molecule has 3 rings (SSSR count). The minimum Gasteiger partial charge on any atom is -0.496 e. The second kappa shape index (κ2) is 9.05. The van der Waals surface area contributed by atoms with Gasteiger partial charge in [0.2, 0.25) is 10.0 Å². The largest absolute Gasteiger partial charge is 0.496 e. The van der Waals surface area contributed by atoms with Crippen LogP contribution in [0.2, 0.25) is 0 Å². The smallest absolute Gasteiger partial charge is 0.259 e. The molecule has 1 aliphatic heterocycles. The third kappa shape index (κ3) is 4.59. The Morgan fingerprint density at radius 1 is 0.967 bits per heavy atom. The molecule has 1 heterocycles. The Bertz CT molecular complexity index is 1050. The van der Waals surface area contributed by atoms with E-state index in [1.807, 2.05) is 0 Å². The molecular weight excluding hydrogens is 421 g/mol. The quantitative estimate of drug-likeness (QED) is 0.712. The van der Waals surface area contributed by atoms with Crippen LogP contribution in [0.25, 0.3) is 0 Å². The summed E-state index contributed by atoms with van der Waals surface area (Å²) in [5.74, 6) is -4.78. The molecule has 30 heavy (non-hydrogen) atoms. The Kier molecular flexibility index (Phi) is 6.67. The fraction of sp³-hybridized carbons (Fsp3) is 0.350. The summed E-state index contributed by atoms with van der Waals surface area (Å²) in [4.78, 5) is 12.6. The first kappa shape index (κ1) is 22.1. The highest BCUT2D eigenvalue weighted by molar-refractivity contribution is 7.89. The minimum absolute atomic E-state index is 0.0466. The van der Waals surface area contributed by atoms with Gasteiger partial charge in [-0.25, -0.2) is 21.6 Å². The number of hydrogen-bond acceptors (Lipinski definition) is 4. The number of anilines is 1. The van der Waals surface area contributed by atoms with E-state index in [-0.39, 0.29) is 16.2 Å². The van der Waals surface area contributed by atoms with Crippen molar-refractivity contribution in [3.05, 3.63) is 53.3 Å². The summed E-state index contributed by atoms with van der Waals surface area (Å²) in [6.45, 7) is 0.770. The first-order chi connectivity index (χ1) is 14.2. The van der Waals surface area contributed by atoms with Gasteiger partial charge in [-0.15, -0.1) is 0 Å². The van der Waals surface area contributed by atoms with Crippen molar-refractivity contribution in [2.75, 3.05) is 25.5 Å². The van der Waals surface area contributed by atoms with E-state index in [4.69, 9.17) is 4.74 Å². The van der Waals surface area contributed by atoms with Crippen molar-refractivity contribution in [1.82, 2.24) is 4.31 Å². The predicted octanol–water partition coefficient (Wildman–Crippen LogP) is 3.93. The van der Waals surface area contributed by atoms with Crippen LogP contribution in [0.15, 0.2) is 35.2 Å². The molecule has 1 aliphatic rings. The molecule has 162 valence electrons. The molecular formula is C20H21F3N2O4S. The minimum atomic E-state index is -3.85. The van der Waals surface area contributed by atoms with E-state index in [0.717, 1.165) is 31.7 Å². The van der Waals surface area contributed by atoms with Crippen LogP contribution >= 0.6 is 0 Å². The third-order valence-corrected chi connectivity index (χ3v) is 6.77. The molecule has 0 aliphatic carbocycles. The summed E-state index contributed by atoms with van der Waals surface area (Å²) < 4.78 is 72.9. The highest BCUT2D eigenvalue weighted by Crippen LogP contribution is 2.27. The van der Waals surface area contributed by atoms with E-state index in [2.05, 4.69) is 5.32 Å².